The van der Waals surface area contributed by atoms with Gasteiger partial charge in [0.05, 0.1) is 27.7 Å². The number of esters is 1. The molecule has 0 saturated carbocycles. The lowest BCUT2D eigenvalue weighted by atomic mass is 9.87. The molecular formula is C23H24N2O3S. The average Bonchev–Trinajstić information content (AvgIpc) is 3.15. The molecule has 1 amide bonds. The first kappa shape index (κ1) is 19.6. The van der Waals surface area contributed by atoms with Gasteiger partial charge in [-0.15, -0.1) is 11.3 Å². The summed E-state index contributed by atoms with van der Waals surface area (Å²) in [5.74, 6) is -0.629. The maximum atomic E-state index is 12.5. The van der Waals surface area contributed by atoms with Crippen LogP contribution in [-0.2, 0) is 27.2 Å². The SMILES string of the molecule is C[C@@H](OC(=O)CCc1nc2ccccc2s1)C(=O)N[C@H]1CCCc2ccccc21. The van der Waals surface area contributed by atoms with Crippen LogP contribution in [0.5, 0.6) is 0 Å². The molecule has 1 heterocycles. The molecule has 2 aromatic carbocycles. The average molecular weight is 409 g/mol. The number of thiazole rings is 1. The molecule has 0 saturated heterocycles. The molecule has 150 valence electrons. The molecule has 1 aliphatic rings. The van der Waals surface area contributed by atoms with Crippen LogP contribution in [0.2, 0.25) is 0 Å². The molecule has 5 nitrogen and oxygen atoms in total. The minimum absolute atomic E-state index is 0.0173. The Hall–Kier alpha value is -2.73. The first-order valence-corrected chi connectivity index (χ1v) is 10.8. The molecule has 1 aromatic heterocycles. The minimum atomic E-state index is -0.813. The Kier molecular flexibility index (Phi) is 5.90. The Morgan fingerprint density at radius 1 is 1.21 bits per heavy atom. The second-order valence-corrected chi connectivity index (χ2v) is 8.47. The molecular weight excluding hydrogens is 384 g/mol. The van der Waals surface area contributed by atoms with Crippen molar-refractivity contribution >= 4 is 33.4 Å². The molecule has 0 radical (unpaired) electrons. The van der Waals surface area contributed by atoms with Crippen LogP contribution in [0.15, 0.2) is 48.5 Å². The van der Waals surface area contributed by atoms with Crippen molar-refractivity contribution < 1.29 is 14.3 Å². The number of aryl methyl sites for hydroxylation is 2. The normalized spacial score (nSPS) is 16.8. The molecule has 3 aromatic rings. The highest BCUT2D eigenvalue weighted by Gasteiger charge is 2.25. The zero-order valence-corrected chi connectivity index (χ0v) is 17.2. The number of aromatic nitrogens is 1. The minimum Gasteiger partial charge on any atom is -0.453 e. The molecule has 0 unspecified atom stereocenters. The van der Waals surface area contributed by atoms with Gasteiger partial charge in [0.1, 0.15) is 0 Å². The molecule has 0 bridgehead atoms. The van der Waals surface area contributed by atoms with Gasteiger partial charge in [0, 0.05) is 6.42 Å². The van der Waals surface area contributed by atoms with Crippen molar-refractivity contribution in [2.24, 2.45) is 0 Å². The Balaban J connectivity index is 1.29. The molecule has 2 atom stereocenters. The van der Waals surface area contributed by atoms with Gasteiger partial charge in [0.2, 0.25) is 0 Å². The first-order valence-electron chi connectivity index (χ1n) is 10.0. The van der Waals surface area contributed by atoms with E-state index in [2.05, 4.69) is 22.4 Å². The van der Waals surface area contributed by atoms with E-state index in [0.29, 0.717) is 6.42 Å². The molecule has 0 fully saturated rings. The van der Waals surface area contributed by atoms with E-state index >= 15 is 0 Å². The summed E-state index contributed by atoms with van der Waals surface area (Å²) < 4.78 is 6.47. The van der Waals surface area contributed by atoms with Crippen LogP contribution >= 0.6 is 11.3 Å². The van der Waals surface area contributed by atoms with Gasteiger partial charge in [-0.25, -0.2) is 4.98 Å². The first-order chi connectivity index (χ1) is 14.1. The van der Waals surface area contributed by atoms with Gasteiger partial charge in [0.25, 0.3) is 5.91 Å². The second-order valence-electron chi connectivity index (χ2n) is 7.36. The number of para-hydroxylation sites is 1. The second kappa shape index (κ2) is 8.74. The molecule has 4 rings (SSSR count). The van der Waals surface area contributed by atoms with Crippen LogP contribution in [0.25, 0.3) is 10.2 Å². The van der Waals surface area contributed by atoms with Crippen LogP contribution in [-0.4, -0.2) is 23.0 Å². The van der Waals surface area contributed by atoms with Crippen molar-refractivity contribution in [1.82, 2.24) is 10.3 Å². The summed E-state index contributed by atoms with van der Waals surface area (Å²) in [6.07, 6.45) is 2.90. The predicted molar refractivity (Wildman–Crippen MR) is 114 cm³/mol. The van der Waals surface area contributed by atoms with Crippen molar-refractivity contribution in [3.8, 4) is 0 Å². The quantitative estimate of drug-likeness (QED) is 0.616. The predicted octanol–water partition coefficient (Wildman–Crippen LogP) is 4.35. The van der Waals surface area contributed by atoms with Gasteiger partial charge in [-0.3, -0.25) is 9.59 Å². The highest BCUT2D eigenvalue weighted by Crippen LogP contribution is 2.29. The summed E-state index contributed by atoms with van der Waals surface area (Å²) in [4.78, 5) is 29.3. The van der Waals surface area contributed by atoms with Crippen LogP contribution in [0.4, 0.5) is 0 Å². The highest BCUT2D eigenvalue weighted by atomic mass is 32.1. The zero-order chi connectivity index (χ0) is 20.2. The van der Waals surface area contributed by atoms with Crippen molar-refractivity contribution in [3.63, 3.8) is 0 Å². The van der Waals surface area contributed by atoms with Gasteiger partial charge < -0.3 is 10.1 Å². The Labute approximate surface area is 174 Å². The zero-order valence-electron chi connectivity index (χ0n) is 16.4. The van der Waals surface area contributed by atoms with E-state index in [4.69, 9.17) is 4.74 Å². The standard InChI is InChI=1S/C23H24N2O3S/c1-15(23(27)25-18-11-6-8-16-7-2-3-9-17(16)18)28-22(26)14-13-21-24-19-10-4-5-12-20(19)29-21/h2-5,7,9-10,12,15,18H,6,8,11,13-14H2,1H3,(H,25,27)/t15-,18+/m1/s1. The van der Waals surface area contributed by atoms with Crippen LogP contribution in [0, 0.1) is 0 Å². The van der Waals surface area contributed by atoms with E-state index in [0.717, 1.165) is 34.5 Å². The fraction of sp³-hybridized carbons (Fsp3) is 0.348. The fourth-order valence-corrected chi connectivity index (χ4v) is 4.71. The highest BCUT2D eigenvalue weighted by molar-refractivity contribution is 7.18. The molecule has 0 aliphatic heterocycles. The van der Waals surface area contributed by atoms with E-state index in [-0.39, 0.29) is 24.3 Å². The number of carbonyl (C=O) groups is 2. The lowest BCUT2D eigenvalue weighted by Gasteiger charge is -2.27. The maximum Gasteiger partial charge on any atom is 0.306 e. The third-order valence-electron chi connectivity index (χ3n) is 5.24. The summed E-state index contributed by atoms with van der Waals surface area (Å²) in [5, 5.41) is 3.95. The molecule has 1 N–H and O–H groups in total. The number of hydrogen-bond donors (Lipinski definition) is 1. The number of nitrogens with one attached hydrogen (secondary N) is 1. The van der Waals surface area contributed by atoms with Gasteiger partial charge in [0.15, 0.2) is 6.10 Å². The molecule has 0 spiro atoms. The van der Waals surface area contributed by atoms with Gasteiger partial charge in [-0.05, 0) is 49.4 Å². The summed E-state index contributed by atoms with van der Waals surface area (Å²) in [5.41, 5.74) is 3.40. The van der Waals surface area contributed by atoms with Crippen molar-refractivity contribution in [3.05, 3.63) is 64.7 Å². The number of fused-ring (bicyclic) bond motifs is 2. The number of rotatable bonds is 6. The lowest BCUT2D eigenvalue weighted by Crippen LogP contribution is -2.39. The van der Waals surface area contributed by atoms with E-state index in [1.165, 1.54) is 11.1 Å². The summed E-state index contributed by atoms with van der Waals surface area (Å²) in [7, 11) is 0. The van der Waals surface area contributed by atoms with E-state index in [1.807, 2.05) is 36.4 Å². The monoisotopic (exact) mass is 408 g/mol. The van der Waals surface area contributed by atoms with Gasteiger partial charge in [-0.2, -0.15) is 0 Å². The lowest BCUT2D eigenvalue weighted by molar-refractivity contribution is -0.155. The van der Waals surface area contributed by atoms with Crippen molar-refractivity contribution in [2.75, 3.05) is 0 Å². The van der Waals surface area contributed by atoms with E-state index < -0.39 is 6.10 Å². The summed E-state index contributed by atoms with van der Waals surface area (Å²) >= 11 is 1.58. The van der Waals surface area contributed by atoms with Crippen LogP contribution in [0.1, 0.15) is 48.4 Å². The molecule has 29 heavy (non-hydrogen) atoms. The molecule has 1 aliphatic carbocycles. The van der Waals surface area contributed by atoms with Crippen molar-refractivity contribution in [1.29, 1.82) is 0 Å². The summed E-state index contributed by atoms with van der Waals surface area (Å²) in [6, 6.07) is 16.1. The number of hydrogen-bond acceptors (Lipinski definition) is 5. The number of ether oxygens (including phenoxy) is 1. The fourth-order valence-electron chi connectivity index (χ4n) is 3.74. The summed E-state index contributed by atoms with van der Waals surface area (Å²) in [6.45, 7) is 1.62. The van der Waals surface area contributed by atoms with Crippen LogP contribution < -0.4 is 5.32 Å². The van der Waals surface area contributed by atoms with E-state index in [9.17, 15) is 9.59 Å². The number of benzene rings is 2. The third-order valence-corrected chi connectivity index (χ3v) is 6.34. The smallest absolute Gasteiger partial charge is 0.306 e. The number of nitrogens with zero attached hydrogens (tertiary/aromatic N) is 1. The Morgan fingerprint density at radius 2 is 2.00 bits per heavy atom. The number of carbonyl (C=O) groups excluding carboxylic acids is 2. The van der Waals surface area contributed by atoms with Crippen molar-refractivity contribution in [2.45, 2.75) is 51.2 Å². The maximum absolute atomic E-state index is 12.5. The number of amides is 1. The Bertz CT molecular complexity index is 997. The molecule has 6 heteroatoms. The third kappa shape index (κ3) is 4.65. The Morgan fingerprint density at radius 3 is 2.86 bits per heavy atom. The largest absolute Gasteiger partial charge is 0.453 e. The van der Waals surface area contributed by atoms with Crippen LogP contribution in [0.3, 0.4) is 0 Å². The topological polar surface area (TPSA) is 68.3 Å². The van der Waals surface area contributed by atoms with E-state index in [1.54, 1.807) is 18.3 Å². The van der Waals surface area contributed by atoms with Gasteiger partial charge in [-0.1, -0.05) is 36.4 Å². The van der Waals surface area contributed by atoms with Gasteiger partial charge >= 0.3 is 5.97 Å².